The summed E-state index contributed by atoms with van der Waals surface area (Å²) < 4.78 is 5.52. The maximum absolute atomic E-state index is 11.8. The van der Waals surface area contributed by atoms with Crippen LogP contribution in [0.2, 0.25) is 0 Å². The van der Waals surface area contributed by atoms with Crippen molar-refractivity contribution in [3.63, 3.8) is 0 Å². The van der Waals surface area contributed by atoms with Gasteiger partial charge in [-0.15, -0.1) is 0 Å². The van der Waals surface area contributed by atoms with E-state index >= 15 is 0 Å². The van der Waals surface area contributed by atoms with Crippen LogP contribution in [0.3, 0.4) is 0 Å². The molecule has 6 heteroatoms. The molecule has 0 aliphatic rings. The van der Waals surface area contributed by atoms with Crippen LogP contribution in [0.25, 0.3) is 0 Å². The van der Waals surface area contributed by atoms with Crippen LogP contribution in [-0.4, -0.2) is 29.9 Å². The lowest BCUT2D eigenvalue weighted by atomic mass is 10.1. The molecule has 2 amide bonds. The van der Waals surface area contributed by atoms with Gasteiger partial charge in [-0.2, -0.15) is 0 Å². The fourth-order valence-electron chi connectivity index (χ4n) is 1.32. The predicted octanol–water partition coefficient (Wildman–Crippen LogP) is 0.722. The second kappa shape index (κ2) is 7.48. The standard InChI is InChI=1S/C13H19N3O3/c1-9(2)5-7-19-10-4-3-6-15-12(10)13(18)16-11(17)8-14/h3-4,6,9H,5,7-8,14H2,1-2H3,(H,16,17,18). The first-order valence-corrected chi connectivity index (χ1v) is 6.16. The molecule has 3 N–H and O–H groups in total. The number of imide groups is 1. The maximum Gasteiger partial charge on any atom is 0.280 e. The van der Waals surface area contributed by atoms with Gasteiger partial charge < -0.3 is 10.5 Å². The fourth-order valence-corrected chi connectivity index (χ4v) is 1.32. The number of ether oxygens (including phenoxy) is 1. The molecule has 1 aromatic heterocycles. The molecule has 6 nitrogen and oxygen atoms in total. The zero-order valence-corrected chi connectivity index (χ0v) is 11.2. The Kier molecular flexibility index (Phi) is 5.95. The summed E-state index contributed by atoms with van der Waals surface area (Å²) in [5.41, 5.74) is 5.22. The zero-order chi connectivity index (χ0) is 14.3. The summed E-state index contributed by atoms with van der Waals surface area (Å²) in [6.07, 6.45) is 2.34. The molecule has 1 aromatic rings. The van der Waals surface area contributed by atoms with Crippen molar-refractivity contribution in [1.82, 2.24) is 10.3 Å². The first-order chi connectivity index (χ1) is 9.04. The van der Waals surface area contributed by atoms with Crippen LogP contribution in [0.1, 0.15) is 30.8 Å². The Labute approximate surface area is 112 Å². The minimum Gasteiger partial charge on any atom is -0.491 e. The Morgan fingerprint density at radius 1 is 1.47 bits per heavy atom. The molecule has 104 valence electrons. The molecule has 0 aliphatic carbocycles. The van der Waals surface area contributed by atoms with Gasteiger partial charge in [-0.05, 0) is 24.5 Å². The first kappa shape index (κ1) is 15.1. The molecule has 0 aromatic carbocycles. The van der Waals surface area contributed by atoms with Crippen molar-refractivity contribution >= 4 is 11.8 Å². The lowest BCUT2D eigenvalue weighted by Gasteiger charge is -2.11. The highest BCUT2D eigenvalue weighted by Crippen LogP contribution is 2.16. The van der Waals surface area contributed by atoms with E-state index in [-0.39, 0.29) is 12.2 Å². The number of carbonyl (C=O) groups is 2. The molecular formula is C13H19N3O3. The number of nitrogens with two attached hydrogens (primary N) is 1. The third kappa shape index (κ3) is 5.05. The van der Waals surface area contributed by atoms with Gasteiger partial charge in [0.2, 0.25) is 5.91 Å². The van der Waals surface area contributed by atoms with Crippen LogP contribution in [0.5, 0.6) is 5.75 Å². The number of pyridine rings is 1. The number of nitrogens with one attached hydrogen (secondary N) is 1. The van der Waals surface area contributed by atoms with Crippen molar-refractivity contribution in [3.8, 4) is 5.75 Å². The van der Waals surface area contributed by atoms with Crippen molar-refractivity contribution in [2.45, 2.75) is 20.3 Å². The zero-order valence-electron chi connectivity index (χ0n) is 11.2. The summed E-state index contributed by atoms with van der Waals surface area (Å²) in [6, 6.07) is 3.32. The van der Waals surface area contributed by atoms with Gasteiger partial charge in [0.15, 0.2) is 11.4 Å². The molecule has 0 fully saturated rings. The van der Waals surface area contributed by atoms with Crippen molar-refractivity contribution in [1.29, 1.82) is 0 Å². The van der Waals surface area contributed by atoms with Gasteiger partial charge in [0.05, 0.1) is 13.2 Å². The van der Waals surface area contributed by atoms with Gasteiger partial charge in [0.1, 0.15) is 0 Å². The quantitative estimate of drug-likeness (QED) is 0.790. The van der Waals surface area contributed by atoms with Crippen LogP contribution in [0, 0.1) is 5.92 Å². The summed E-state index contributed by atoms with van der Waals surface area (Å²) >= 11 is 0. The van der Waals surface area contributed by atoms with E-state index in [9.17, 15) is 9.59 Å². The monoisotopic (exact) mass is 265 g/mol. The van der Waals surface area contributed by atoms with E-state index in [4.69, 9.17) is 10.5 Å². The molecule has 0 saturated heterocycles. The molecule has 0 aliphatic heterocycles. The number of carbonyl (C=O) groups excluding carboxylic acids is 2. The van der Waals surface area contributed by atoms with E-state index in [1.54, 1.807) is 12.1 Å². The van der Waals surface area contributed by atoms with Crippen LogP contribution in [0.15, 0.2) is 18.3 Å². The minimum atomic E-state index is -0.601. The average molecular weight is 265 g/mol. The van der Waals surface area contributed by atoms with E-state index in [2.05, 4.69) is 24.1 Å². The molecule has 1 rings (SSSR count). The van der Waals surface area contributed by atoms with E-state index in [1.165, 1.54) is 6.20 Å². The molecule has 0 spiro atoms. The molecule has 0 saturated carbocycles. The fraction of sp³-hybridized carbons (Fsp3) is 0.462. The number of nitrogens with zero attached hydrogens (tertiary/aromatic N) is 1. The average Bonchev–Trinajstić information content (AvgIpc) is 2.38. The Morgan fingerprint density at radius 2 is 2.21 bits per heavy atom. The number of hydrogen-bond acceptors (Lipinski definition) is 5. The molecule has 0 atom stereocenters. The van der Waals surface area contributed by atoms with Gasteiger partial charge in [-0.1, -0.05) is 13.8 Å². The molecule has 1 heterocycles. The number of amides is 2. The molecule has 0 radical (unpaired) electrons. The summed E-state index contributed by atoms with van der Waals surface area (Å²) in [5.74, 6) is -0.280. The Balaban J connectivity index is 2.72. The Hall–Kier alpha value is -1.95. The Bertz CT molecular complexity index is 447. The summed E-state index contributed by atoms with van der Waals surface area (Å²) in [4.78, 5) is 26.8. The van der Waals surface area contributed by atoms with E-state index in [1.807, 2.05) is 0 Å². The van der Waals surface area contributed by atoms with Crippen molar-refractivity contribution < 1.29 is 14.3 Å². The van der Waals surface area contributed by atoms with Gasteiger partial charge >= 0.3 is 0 Å². The van der Waals surface area contributed by atoms with Crippen LogP contribution in [-0.2, 0) is 4.79 Å². The second-order valence-electron chi connectivity index (χ2n) is 4.46. The smallest absolute Gasteiger partial charge is 0.280 e. The third-order valence-electron chi connectivity index (χ3n) is 2.38. The molecule has 19 heavy (non-hydrogen) atoms. The number of aromatic nitrogens is 1. The van der Waals surface area contributed by atoms with Crippen LogP contribution in [0.4, 0.5) is 0 Å². The predicted molar refractivity (Wildman–Crippen MR) is 70.7 cm³/mol. The SMILES string of the molecule is CC(C)CCOc1cccnc1C(=O)NC(=O)CN. The highest BCUT2D eigenvalue weighted by Gasteiger charge is 2.16. The number of hydrogen-bond donors (Lipinski definition) is 2. The highest BCUT2D eigenvalue weighted by atomic mass is 16.5. The minimum absolute atomic E-state index is 0.0908. The van der Waals surface area contributed by atoms with Crippen molar-refractivity contribution in [3.05, 3.63) is 24.0 Å². The second-order valence-corrected chi connectivity index (χ2v) is 4.46. The Morgan fingerprint density at radius 3 is 2.84 bits per heavy atom. The normalized spacial score (nSPS) is 10.3. The summed E-state index contributed by atoms with van der Waals surface area (Å²) in [7, 11) is 0. The van der Waals surface area contributed by atoms with Crippen molar-refractivity contribution in [2.24, 2.45) is 11.7 Å². The van der Waals surface area contributed by atoms with Gasteiger partial charge in [0, 0.05) is 6.20 Å². The van der Waals surface area contributed by atoms with Crippen LogP contribution >= 0.6 is 0 Å². The number of rotatable bonds is 6. The maximum atomic E-state index is 11.8. The van der Waals surface area contributed by atoms with Gasteiger partial charge in [0.25, 0.3) is 5.91 Å². The van der Waals surface area contributed by atoms with Crippen molar-refractivity contribution in [2.75, 3.05) is 13.2 Å². The summed E-state index contributed by atoms with van der Waals surface area (Å²) in [6.45, 7) is 4.41. The highest BCUT2D eigenvalue weighted by molar-refractivity contribution is 6.05. The lowest BCUT2D eigenvalue weighted by molar-refractivity contribution is -0.118. The van der Waals surface area contributed by atoms with E-state index in [0.29, 0.717) is 18.3 Å². The largest absolute Gasteiger partial charge is 0.491 e. The first-order valence-electron chi connectivity index (χ1n) is 6.16. The van der Waals surface area contributed by atoms with Gasteiger partial charge in [-0.25, -0.2) is 4.98 Å². The lowest BCUT2D eigenvalue weighted by Crippen LogP contribution is -2.36. The van der Waals surface area contributed by atoms with E-state index < -0.39 is 11.8 Å². The molecule has 0 bridgehead atoms. The molecule has 0 unspecified atom stereocenters. The molecular weight excluding hydrogens is 246 g/mol. The third-order valence-corrected chi connectivity index (χ3v) is 2.38. The van der Waals surface area contributed by atoms with E-state index in [0.717, 1.165) is 6.42 Å². The van der Waals surface area contributed by atoms with Crippen LogP contribution < -0.4 is 15.8 Å². The van der Waals surface area contributed by atoms with Gasteiger partial charge in [-0.3, -0.25) is 14.9 Å². The summed E-state index contributed by atoms with van der Waals surface area (Å²) in [5, 5.41) is 2.14. The topological polar surface area (TPSA) is 94.3 Å².